The number of ether oxygens (including phenoxy) is 1. The summed E-state index contributed by atoms with van der Waals surface area (Å²) in [5.74, 6) is 2.02. The van der Waals surface area contributed by atoms with Crippen LogP contribution in [-0.2, 0) is 19.6 Å². The number of likely N-dealkylation sites (tertiary alicyclic amines) is 1. The normalized spacial score (nSPS) is 18.1. The van der Waals surface area contributed by atoms with Gasteiger partial charge in [-0.15, -0.1) is 0 Å². The molecule has 1 saturated heterocycles. The SMILES string of the molecule is FC(F)C(c1ccc(OCC2CCN(Cc3ncccn3)CC2)c(Br)c1)N1Cc2ccccc2C1. The molecular formula is C27H29BrF2N4O. The minimum atomic E-state index is -2.48. The van der Waals surface area contributed by atoms with Crippen molar-refractivity contribution in [2.45, 2.75) is 44.9 Å². The van der Waals surface area contributed by atoms with Crippen LogP contribution in [0.1, 0.15) is 41.4 Å². The summed E-state index contributed by atoms with van der Waals surface area (Å²) in [4.78, 5) is 12.8. The number of benzene rings is 2. The molecule has 1 unspecified atom stereocenters. The third kappa shape index (κ3) is 5.88. The first-order valence-electron chi connectivity index (χ1n) is 12.1. The molecule has 0 bridgehead atoms. The second kappa shape index (κ2) is 11.1. The van der Waals surface area contributed by atoms with Gasteiger partial charge in [0.1, 0.15) is 11.6 Å². The zero-order valence-corrected chi connectivity index (χ0v) is 21.1. The summed E-state index contributed by atoms with van der Waals surface area (Å²) in [7, 11) is 0. The summed E-state index contributed by atoms with van der Waals surface area (Å²) in [6, 6.07) is 14.2. The van der Waals surface area contributed by atoms with Crippen LogP contribution >= 0.6 is 15.9 Å². The molecule has 3 heterocycles. The Hall–Kier alpha value is -2.42. The molecule has 0 radical (unpaired) electrons. The maximum absolute atomic E-state index is 14.2. The van der Waals surface area contributed by atoms with Crippen molar-refractivity contribution < 1.29 is 13.5 Å². The van der Waals surface area contributed by atoms with Gasteiger partial charge in [0.05, 0.1) is 23.7 Å². The fourth-order valence-electron chi connectivity index (χ4n) is 5.02. The van der Waals surface area contributed by atoms with Crippen LogP contribution in [0.2, 0.25) is 0 Å². The summed E-state index contributed by atoms with van der Waals surface area (Å²) in [5, 5.41) is 0. The topological polar surface area (TPSA) is 41.5 Å². The molecule has 2 aliphatic rings. The van der Waals surface area contributed by atoms with Crippen molar-refractivity contribution in [2.24, 2.45) is 5.92 Å². The summed E-state index contributed by atoms with van der Waals surface area (Å²) in [6.07, 6.45) is 3.17. The smallest absolute Gasteiger partial charge is 0.258 e. The van der Waals surface area contributed by atoms with E-state index in [1.165, 1.54) is 0 Å². The van der Waals surface area contributed by atoms with Gasteiger partial charge in [0, 0.05) is 25.5 Å². The number of alkyl halides is 2. The van der Waals surface area contributed by atoms with Crippen LogP contribution in [0.4, 0.5) is 8.78 Å². The standard InChI is InChI=1S/C27H29BrF2N4O/c28-23-14-20(26(27(29)30)34-15-21-4-1-2-5-22(21)16-34)6-7-24(23)35-18-19-8-12-33(13-9-19)17-25-31-10-3-11-32-25/h1-7,10-11,14,19,26-27H,8-9,12-13,15-18H2. The summed E-state index contributed by atoms with van der Waals surface area (Å²) >= 11 is 3.56. The molecule has 0 spiro atoms. The fourth-order valence-corrected chi connectivity index (χ4v) is 5.53. The average Bonchev–Trinajstić information content (AvgIpc) is 3.28. The van der Waals surface area contributed by atoms with Crippen molar-refractivity contribution >= 4 is 15.9 Å². The van der Waals surface area contributed by atoms with Crippen molar-refractivity contribution in [3.8, 4) is 5.75 Å². The fraction of sp³-hybridized carbons (Fsp3) is 0.407. The zero-order chi connectivity index (χ0) is 24.2. The first-order valence-corrected chi connectivity index (χ1v) is 12.9. The van der Waals surface area contributed by atoms with Gasteiger partial charge in [0.25, 0.3) is 6.43 Å². The first kappa shape index (κ1) is 24.3. The zero-order valence-electron chi connectivity index (χ0n) is 19.5. The first-order chi connectivity index (χ1) is 17.1. The monoisotopic (exact) mass is 542 g/mol. The molecule has 1 atom stereocenters. The van der Waals surface area contributed by atoms with Gasteiger partial charge in [0.15, 0.2) is 0 Å². The van der Waals surface area contributed by atoms with Gasteiger partial charge in [-0.3, -0.25) is 9.80 Å². The molecule has 2 aliphatic heterocycles. The Morgan fingerprint density at radius 3 is 2.29 bits per heavy atom. The van der Waals surface area contributed by atoms with Crippen LogP contribution in [0.3, 0.4) is 0 Å². The quantitative estimate of drug-likeness (QED) is 0.357. The Labute approximate surface area is 213 Å². The number of hydrogen-bond acceptors (Lipinski definition) is 5. The maximum atomic E-state index is 14.2. The lowest BCUT2D eigenvalue weighted by Crippen LogP contribution is -2.35. The van der Waals surface area contributed by atoms with Crippen molar-refractivity contribution in [3.05, 3.63) is 87.9 Å². The molecule has 1 fully saturated rings. The van der Waals surface area contributed by atoms with Gasteiger partial charge < -0.3 is 4.74 Å². The van der Waals surface area contributed by atoms with E-state index in [4.69, 9.17) is 4.74 Å². The van der Waals surface area contributed by atoms with Crippen LogP contribution < -0.4 is 4.74 Å². The van der Waals surface area contributed by atoms with E-state index < -0.39 is 12.5 Å². The van der Waals surface area contributed by atoms with E-state index in [-0.39, 0.29) is 0 Å². The molecule has 5 nitrogen and oxygen atoms in total. The minimum Gasteiger partial charge on any atom is -0.492 e. The molecule has 0 saturated carbocycles. The van der Waals surface area contributed by atoms with E-state index in [1.807, 2.05) is 41.3 Å². The number of rotatable bonds is 8. The highest BCUT2D eigenvalue weighted by atomic mass is 79.9. The van der Waals surface area contributed by atoms with Gasteiger partial charge in [-0.2, -0.15) is 0 Å². The molecule has 8 heteroatoms. The summed E-state index contributed by atoms with van der Waals surface area (Å²) in [6.45, 7) is 4.44. The van der Waals surface area contributed by atoms with Gasteiger partial charge in [-0.05, 0) is 82.7 Å². The third-order valence-corrected chi connectivity index (χ3v) is 7.58. The van der Waals surface area contributed by atoms with E-state index in [9.17, 15) is 8.78 Å². The molecule has 3 aromatic rings. The highest BCUT2D eigenvalue weighted by Gasteiger charge is 2.33. The minimum absolute atomic E-state index is 0.464. The lowest BCUT2D eigenvalue weighted by molar-refractivity contribution is 0.0215. The largest absolute Gasteiger partial charge is 0.492 e. The number of hydrogen-bond donors (Lipinski definition) is 0. The van der Waals surface area contributed by atoms with Crippen LogP contribution in [0.25, 0.3) is 0 Å². The predicted octanol–water partition coefficient (Wildman–Crippen LogP) is 5.85. The van der Waals surface area contributed by atoms with Crippen molar-refractivity contribution in [3.63, 3.8) is 0 Å². The second-order valence-electron chi connectivity index (χ2n) is 9.34. The highest BCUT2D eigenvalue weighted by molar-refractivity contribution is 9.10. The second-order valence-corrected chi connectivity index (χ2v) is 10.2. The molecule has 5 rings (SSSR count). The Kier molecular flexibility index (Phi) is 7.70. The van der Waals surface area contributed by atoms with E-state index in [0.717, 1.165) is 53.9 Å². The lowest BCUT2D eigenvalue weighted by Gasteiger charge is -2.31. The Morgan fingerprint density at radius 2 is 1.66 bits per heavy atom. The Morgan fingerprint density at radius 1 is 0.971 bits per heavy atom. The number of aromatic nitrogens is 2. The van der Waals surface area contributed by atoms with Crippen LogP contribution in [0, 0.1) is 5.92 Å². The molecular weight excluding hydrogens is 514 g/mol. The van der Waals surface area contributed by atoms with E-state index in [2.05, 4.69) is 30.8 Å². The van der Waals surface area contributed by atoms with Crippen LogP contribution in [0.15, 0.2) is 65.4 Å². The molecule has 2 aromatic carbocycles. The van der Waals surface area contributed by atoms with Crippen LogP contribution in [0.5, 0.6) is 5.75 Å². The molecule has 1 aromatic heterocycles. The molecule has 0 aliphatic carbocycles. The summed E-state index contributed by atoms with van der Waals surface area (Å²) in [5.41, 5.74) is 2.85. The molecule has 184 valence electrons. The molecule has 35 heavy (non-hydrogen) atoms. The lowest BCUT2D eigenvalue weighted by atomic mass is 9.98. The third-order valence-electron chi connectivity index (χ3n) is 6.96. The van der Waals surface area contributed by atoms with Gasteiger partial charge in [0.2, 0.25) is 0 Å². The van der Waals surface area contributed by atoms with Crippen molar-refractivity contribution in [2.75, 3.05) is 19.7 Å². The highest BCUT2D eigenvalue weighted by Crippen LogP contribution is 2.38. The van der Waals surface area contributed by atoms with E-state index in [1.54, 1.807) is 24.5 Å². The number of halogens is 3. The number of nitrogens with zero attached hydrogens (tertiary/aromatic N) is 4. The Balaban J connectivity index is 1.16. The number of piperidine rings is 1. The van der Waals surface area contributed by atoms with Crippen molar-refractivity contribution in [1.29, 1.82) is 0 Å². The van der Waals surface area contributed by atoms with Gasteiger partial charge in [-0.1, -0.05) is 30.3 Å². The van der Waals surface area contributed by atoms with Gasteiger partial charge in [-0.25, -0.2) is 18.7 Å². The Bertz CT molecular complexity index is 1100. The average molecular weight is 543 g/mol. The van der Waals surface area contributed by atoms with E-state index in [0.29, 0.717) is 36.9 Å². The molecule has 0 amide bonds. The van der Waals surface area contributed by atoms with Crippen LogP contribution in [-0.4, -0.2) is 45.9 Å². The maximum Gasteiger partial charge on any atom is 0.258 e. The van der Waals surface area contributed by atoms with Crippen molar-refractivity contribution in [1.82, 2.24) is 19.8 Å². The van der Waals surface area contributed by atoms with E-state index >= 15 is 0 Å². The number of fused-ring (bicyclic) bond motifs is 1. The van der Waals surface area contributed by atoms with Gasteiger partial charge >= 0.3 is 0 Å². The molecule has 0 N–H and O–H groups in total. The predicted molar refractivity (Wildman–Crippen MR) is 134 cm³/mol. The summed E-state index contributed by atoms with van der Waals surface area (Å²) < 4.78 is 35.1.